The van der Waals surface area contributed by atoms with E-state index in [-0.39, 0.29) is 5.91 Å². The summed E-state index contributed by atoms with van der Waals surface area (Å²) in [6.45, 7) is 1.87. The van der Waals surface area contributed by atoms with Crippen LogP contribution in [0.15, 0.2) is 36.7 Å². The summed E-state index contributed by atoms with van der Waals surface area (Å²) in [5.41, 5.74) is 7.12. The summed E-state index contributed by atoms with van der Waals surface area (Å²) in [4.78, 5) is 14.1. The van der Waals surface area contributed by atoms with E-state index in [1.165, 1.54) is 0 Å². The molecule has 1 amide bonds. The summed E-state index contributed by atoms with van der Waals surface area (Å²) in [7, 11) is 0. The van der Waals surface area contributed by atoms with Crippen molar-refractivity contribution in [2.75, 3.05) is 6.54 Å². The highest BCUT2D eigenvalue weighted by atomic mass is 16.2. The first-order chi connectivity index (χ1) is 9.74. The van der Waals surface area contributed by atoms with Crippen molar-refractivity contribution in [2.24, 2.45) is 5.73 Å². The number of aromatic nitrogens is 3. The van der Waals surface area contributed by atoms with Gasteiger partial charge in [0.25, 0.3) is 0 Å². The van der Waals surface area contributed by atoms with Crippen LogP contribution in [0.25, 0.3) is 0 Å². The number of rotatable bonds is 3. The Bertz CT molecular complexity index is 595. The summed E-state index contributed by atoms with van der Waals surface area (Å²) in [5, 5.41) is 7.86. The van der Waals surface area contributed by atoms with Gasteiger partial charge < -0.3 is 15.2 Å². The highest BCUT2D eigenvalue weighted by molar-refractivity contribution is 5.82. The smallest absolute Gasteiger partial charge is 0.240 e. The molecule has 104 valence electrons. The lowest BCUT2D eigenvalue weighted by Gasteiger charge is -2.29. The quantitative estimate of drug-likeness (QED) is 0.864. The second-order valence-corrected chi connectivity index (χ2v) is 5.00. The Morgan fingerprint density at radius 1 is 1.30 bits per heavy atom. The molecule has 0 unspecified atom stereocenters. The van der Waals surface area contributed by atoms with Gasteiger partial charge in [0, 0.05) is 13.1 Å². The predicted octanol–water partition coefficient (Wildman–Crippen LogP) is 0.190. The molecule has 2 heterocycles. The van der Waals surface area contributed by atoms with Gasteiger partial charge in [-0.1, -0.05) is 30.3 Å². The molecule has 0 radical (unpaired) electrons. The lowest BCUT2D eigenvalue weighted by Crippen LogP contribution is -2.47. The third kappa shape index (κ3) is 2.55. The number of fused-ring (bicyclic) bond motifs is 1. The monoisotopic (exact) mass is 271 g/mol. The van der Waals surface area contributed by atoms with E-state index in [0.717, 1.165) is 17.9 Å². The number of hydrogen-bond donors (Lipinski definition) is 1. The van der Waals surface area contributed by atoms with Gasteiger partial charge in [-0.3, -0.25) is 4.79 Å². The number of carbonyl (C=O) groups is 1. The van der Waals surface area contributed by atoms with Crippen molar-refractivity contribution in [3.8, 4) is 0 Å². The van der Waals surface area contributed by atoms with Crippen molar-refractivity contribution in [3.05, 3.63) is 48.0 Å². The van der Waals surface area contributed by atoms with Crippen LogP contribution in [-0.4, -0.2) is 38.2 Å². The Hall–Kier alpha value is -2.21. The zero-order valence-corrected chi connectivity index (χ0v) is 11.1. The molecule has 0 bridgehead atoms. The first-order valence-electron chi connectivity index (χ1n) is 6.69. The zero-order chi connectivity index (χ0) is 13.9. The summed E-state index contributed by atoms with van der Waals surface area (Å²) in [5.74, 6) is 0.791. The number of amides is 1. The van der Waals surface area contributed by atoms with Crippen molar-refractivity contribution in [1.29, 1.82) is 0 Å². The van der Waals surface area contributed by atoms with Gasteiger partial charge in [-0.25, -0.2) is 0 Å². The van der Waals surface area contributed by atoms with E-state index in [1.54, 1.807) is 11.2 Å². The number of benzene rings is 1. The van der Waals surface area contributed by atoms with E-state index in [0.29, 0.717) is 19.5 Å². The summed E-state index contributed by atoms with van der Waals surface area (Å²) in [6.07, 6.45) is 2.25. The fourth-order valence-corrected chi connectivity index (χ4v) is 2.44. The van der Waals surface area contributed by atoms with E-state index < -0.39 is 6.04 Å². The minimum Gasteiger partial charge on any atom is -0.332 e. The van der Waals surface area contributed by atoms with Gasteiger partial charge in [0.05, 0.1) is 12.6 Å². The largest absolute Gasteiger partial charge is 0.332 e. The molecule has 0 saturated carbocycles. The molecule has 1 atom stereocenters. The van der Waals surface area contributed by atoms with Crippen LogP contribution in [0.1, 0.15) is 11.4 Å². The Morgan fingerprint density at radius 2 is 2.10 bits per heavy atom. The van der Waals surface area contributed by atoms with Gasteiger partial charge in [0.1, 0.15) is 6.33 Å². The van der Waals surface area contributed by atoms with Crippen molar-refractivity contribution in [1.82, 2.24) is 19.7 Å². The van der Waals surface area contributed by atoms with Crippen LogP contribution < -0.4 is 5.73 Å². The van der Waals surface area contributed by atoms with Gasteiger partial charge in [0.15, 0.2) is 5.82 Å². The molecule has 0 saturated heterocycles. The molecule has 1 aliphatic rings. The molecule has 1 aliphatic heterocycles. The fourth-order valence-electron chi connectivity index (χ4n) is 2.44. The first-order valence-corrected chi connectivity index (χ1v) is 6.69. The normalized spacial score (nSPS) is 15.8. The average molecular weight is 271 g/mol. The molecule has 20 heavy (non-hydrogen) atoms. The summed E-state index contributed by atoms with van der Waals surface area (Å²) < 4.78 is 1.96. The Labute approximate surface area is 117 Å². The maximum atomic E-state index is 12.4. The molecule has 6 nitrogen and oxygen atoms in total. The van der Waals surface area contributed by atoms with Crippen LogP contribution >= 0.6 is 0 Å². The maximum absolute atomic E-state index is 12.4. The van der Waals surface area contributed by atoms with Crippen LogP contribution in [0.5, 0.6) is 0 Å². The third-order valence-electron chi connectivity index (χ3n) is 3.57. The van der Waals surface area contributed by atoms with Gasteiger partial charge in [-0.05, 0) is 12.0 Å². The lowest BCUT2D eigenvalue weighted by molar-refractivity contribution is -0.134. The molecule has 2 N–H and O–H groups in total. The average Bonchev–Trinajstić information content (AvgIpc) is 2.94. The molecule has 1 aromatic heterocycles. The van der Waals surface area contributed by atoms with Crippen molar-refractivity contribution in [2.45, 2.75) is 25.6 Å². The van der Waals surface area contributed by atoms with Crippen LogP contribution in [0.3, 0.4) is 0 Å². The standard InChI is InChI=1S/C14H17N5O/c15-12(8-11-4-2-1-3-5-11)14(20)18-6-7-19-10-16-17-13(19)9-18/h1-5,10,12H,6-9,15H2/t12-/m1/s1. The van der Waals surface area contributed by atoms with Gasteiger partial charge in [-0.15, -0.1) is 10.2 Å². The van der Waals surface area contributed by atoms with Crippen LogP contribution in [0, 0.1) is 0 Å². The van der Waals surface area contributed by atoms with Crippen molar-refractivity contribution in [3.63, 3.8) is 0 Å². The Morgan fingerprint density at radius 3 is 2.90 bits per heavy atom. The van der Waals surface area contributed by atoms with Gasteiger partial charge >= 0.3 is 0 Å². The zero-order valence-electron chi connectivity index (χ0n) is 11.1. The molecular formula is C14H17N5O. The molecule has 0 spiro atoms. The van der Waals surface area contributed by atoms with E-state index in [4.69, 9.17) is 5.73 Å². The summed E-state index contributed by atoms with van der Waals surface area (Å²) >= 11 is 0. The van der Waals surface area contributed by atoms with Gasteiger partial charge in [0.2, 0.25) is 5.91 Å². The number of hydrogen-bond acceptors (Lipinski definition) is 4. The van der Waals surface area contributed by atoms with Crippen LogP contribution in [0.2, 0.25) is 0 Å². The van der Waals surface area contributed by atoms with Crippen molar-refractivity contribution >= 4 is 5.91 Å². The third-order valence-corrected chi connectivity index (χ3v) is 3.57. The maximum Gasteiger partial charge on any atom is 0.240 e. The molecule has 0 fully saturated rings. The minimum absolute atomic E-state index is 0.0249. The van der Waals surface area contributed by atoms with E-state index in [2.05, 4.69) is 10.2 Å². The molecule has 1 aromatic carbocycles. The Kier molecular flexibility index (Phi) is 3.47. The first kappa shape index (κ1) is 12.8. The fraction of sp³-hybridized carbons (Fsp3) is 0.357. The molecule has 3 rings (SSSR count). The molecule has 6 heteroatoms. The van der Waals surface area contributed by atoms with Crippen molar-refractivity contribution < 1.29 is 4.79 Å². The van der Waals surface area contributed by atoms with Gasteiger partial charge in [-0.2, -0.15) is 0 Å². The second-order valence-electron chi connectivity index (χ2n) is 5.00. The number of nitrogens with two attached hydrogens (primary N) is 1. The second kappa shape index (κ2) is 5.42. The lowest BCUT2D eigenvalue weighted by atomic mass is 10.1. The highest BCUT2D eigenvalue weighted by Gasteiger charge is 2.25. The minimum atomic E-state index is -0.508. The topological polar surface area (TPSA) is 77.0 Å². The van der Waals surface area contributed by atoms with E-state index in [9.17, 15) is 4.79 Å². The highest BCUT2D eigenvalue weighted by Crippen LogP contribution is 2.11. The summed E-state index contributed by atoms with van der Waals surface area (Å²) in [6, 6.07) is 9.33. The van der Waals surface area contributed by atoms with E-state index >= 15 is 0 Å². The predicted molar refractivity (Wildman–Crippen MR) is 73.6 cm³/mol. The molecule has 0 aliphatic carbocycles. The van der Waals surface area contributed by atoms with E-state index in [1.807, 2.05) is 34.9 Å². The van der Waals surface area contributed by atoms with Crippen LogP contribution in [-0.2, 0) is 24.3 Å². The number of carbonyl (C=O) groups excluding carboxylic acids is 1. The number of nitrogens with zero attached hydrogens (tertiary/aromatic N) is 4. The molecule has 2 aromatic rings. The SMILES string of the molecule is N[C@H](Cc1ccccc1)C(=O)N1CCn2cnnc2C1. The Balaban J connectivity index is 1.64. The van der Waals surface area contributed by atoms with Crippen LogP contribution in [0.4, 0.5) is 0 Å². The molecular weight excluding hydrogens is 254 g/mol.